The van der Waals surface area contributed by atoms with Crippen LogP contribution in [0.3, 0.4) is 0 Å². The predicted octanol–water partition coefficient (Wildman–Crippen LogP) is 2.98. The van der Waals surface area contributed by atoms with E-state index in [1.54, 1.807) is 0 Å². The van der Waals surface area contributed by atoms with Gasteiger partial charge in [-0.1, -0.05) is 26.3 Å². The molecule has 2 rings (SSSR count). The lowest BCUT2D eigenvalue weighted by molar-refractivity contribution is -0.122. The number of nitrogens with two attached hydrogens (primary N) is 1. The quantitative estimate of drug-likeness (QED) is 0.833. The molecule has 98 valence electrons. The van der Waals surface area contributed by atoms with Crippen LogP contribution in [0.25, 0.3) is 0 Å². The number of benzene rings is 1. The van der Waals surface area contributed by atoms with Crippen LogP contribution in [0.1, 0.15) is 38.7 Å². The Bertz CT molecular complexity index is 442. The molecule has 1 aromatic rings. The van der Waals surface area contributed by atoms with Crippen molar-refractivity contribution in [1.29, 1.82) is 0 Å². The van der Waals surface area contributed by atoms with Gasteiger partial charge in [-0.15, -0.1) is 0 Å². The van der Waals surface area contributed by atoms with E-state index in [0.29, 0.717) is 0 Å². The summed E-state index contributed by atoms with van der Waals surface area (Å²) < 4.78 is 0. The zero-order chi connectivity index (χ0) is 13.1. The lowest BCUT2D eigenvalue weighted by Crippen LogP contribution is -2.39. The maximum atomic E-state index is 12.4. The Kier molecular flexibility index (Phi) is 3.90. The highest BCUT2D eigenvalue weighted by molar-refractivity contribution is 5.96. The third kappa shape index (κ3) is 2.35. The number of carbonyl (C=O) groups is 1. The van der Waals surface area contributed by atoms with Crippen LogP contribution in [0.4, 0.5) is 11.4 Å². The first-order valence-electron chi connectivity index (χ1n) is 6.84. The average molecular weight is 246 g/mol. The molecule has 1 amide bonds. The molecule has 0 bridgehead atoms. The molecule has 2 N–H and O–H groups in total. The van der Waals surface area contributed by atoms with Crippen LogP contribution in [0, 0.1) is 5.92 Å². The van der Waals surface area contributed by atoms with Gasteiger partial charge in [0.2, 0.25) is 5.91 Å². The summed E-state index contributed by atoms with van der Waals surface area (Å²) in [4.78, 5) is 14.4. The Morgan fingerprint density at radius 2 is 2.28 bits per heavy atom. The molecule has 18 heavy (non-hydrogen) atoms. The smallest absolute Gasteiger partial charge is 0.229 e. The molecule has 0 saturated carbocycles. The average Bonchev–Trinajstić information content (AvgIpc) is 2.38. The summed E-state index contributed by atoms with van der Waals surface area (Å²) >= 11 is 0. The van der Waals surface area contributed by atoms with Crippen LogP contribution in [0.2, 0.25) is 0 Å². The van der Waals surface area contributed by atoms with E-state index in [1.165, 1.54) is 0 Å². The molecular weight excluding hydrogens is 224 g/mol. The number of amides is 1. The van der Waals surface area contributed by atoms with E-state index < -0.39 is 0 Å². The number of anilines is 2. The molecule has 1 aliphatic rings. The Morgan fingerprint density at radius 1 is 1.50 bits per heavy atom. The number of nitrogen functional groups attached to an aromatic ring is 1. The summed E-state index contributed by atoms with van der Waals surface area (Å²) in [5, 5.41) is 0. The second-order valence-corrected chi connectivity index (χ2v) is 5.13. The van der Waals surface area contributed by atoms with E-state index in [1.807, 2.05) is 30.0 Å². The van der Waals surface area contributed by atoms with Gasteiger partial charge < -0.3 is 10.6 Å². The minimum Gasteiger partial charge on any atom is -0.398 e. The lowest BCUT2D eigenvalue weighted by atomic mass is 9.97. The molecule has 1 atom stereocenters. The van der Waals surface area contributed by atoms with Gasteiger partial charge in [-0.25, -0.2) is 0 Å². The van der Waals surface area contributed by atoms with E-state index in [-0.39, 0.29) is 11.8 Å². The van der Waals surface area contributed by atoms with Gasteiger partial charge in [-0.05, 0) is 37.0 Å². The third-order valence-corrected chi connectivity index (χ3v) is 3.70. The summed E-state index contributed by atoms with van der Waals surface area (Å²) in [5.41, 5.74) is 8.98. The number of nitrogens with zero attached hydrogens (tertiary/aromatic N) is 1. The van der Waals surface area contributed by atoms with Crippen molar-refractivity contribution in [2.75, 3.05) is 17.2 Å². The molecule has 3 nitrogen and oxygen atoms in total. The van der Waals surface area contributed by atoms with Crippen molar-refractivity contribution >= 4 is 17.3 Å². The SMILES string of the molecule is CCCC(C)C(=O)N1CCCc2c(N)cccc21. The van der Waals surface area contributed by atoms with Crippen molar-refractivity contribution in [3.63, 3.8) is 0 Å². The molecule has 0 spiro atoms. The maximum absolute atomic E-state index is 12.4. The molecule has 0 aromatic heterocycles. The van der Waals surface area contributed by atoms with E-state index in [0.717, 1.165) is 49.2 Å². The minimum absolute atomic E-state index is 0.0994. The van der Waals surface area contributed by atoms with E-state index in [2.05, 4.69) is 6.92 Å². The van der Waals surface area contributed by atoms with Crippen molar-refractivity contribution < 1.29 is 4.79 Å². The summed E-state index contributed by atoms with van der Waals surface area (Å²) in [7, 11) is 0. The number of carbonyl (C=O) groups excluding carboxylic acids is 1. The largest absolute Gasteiger partial charge is 0.398 e. The molecule has 0 fully saturated rings. The van der Waals surface area contributed by atoms with Gasteiger partial charge in [-0.2, -0.15) is 0 Å². The van der Waals surface area contributed by atoms with Crippen molar-refractivity contribution in [2.24, 2.45) is 5.92 Å². The first-order valence-corrected chi connectivity index (χ1v) is 6.84. The lowest BCUT2D eigenvalue weighted by Gasteiger charge is -2.32. The summed E-state index contributed by atoms with van der Waals surface area (Å²) in [5.74, 6) is 0.339. The van der Waals surface area contributed by atoms with Crippen LogP contribution in [0.5, 0.6) is 0 Å². The second-order valence-electron chi connectivity index (χ2n) is 5.13. The van der Waals surface area contributed by atoms with Crippen LogP contribution in [-0.2, 0) is 11.2 Å². The van der Waals surface area contributed by atoms with Gasteiger partial charge in [0, 0.05) is 23.8 Å². The number of hydrogen-bond acceptors (Lipinski definition) is 2. The van der Waals surface area contributed by atoms with Gasteiger partial charge in [0.1, 0.15) is 0 Å². The van der Waals surface area contributed by atoms with Gasteiger partial charge in [-0.3, -0.25) is 4.79 Å². The molecule has 3 heteroatoms. The highest BCUT2D eigenvalue weighted by Gasteiger charge is 2.26. The summed E-state index contributed by atoms with van der Waals surface area (Å²) in [6.07, 6.45) is 3.98. The molecule has 1 heterocycles. The Balaban J connectivity index is 2.27. The topological polar surface area (TPSA) is 46.3 Å². The van der Waals surface area contributed by atoms with E-state index in [9.17, 15) is 4.79 Å². The monoisotopic (exact) mass is 246 g/mol. The molecule has 1 unspecified atom stereocenters. The first kappa shape index (κ1) is 12.9. The van der Waals surface area contributed by atoms with Crippen LogP contribution in [-0.4, -0.2) is 12.5 Å². The maximum Gasteiger partial charge on any atom is 0.229 e. The van der Waals surface area contributed by atoms with E-state index in [4.69, 9.17) is 5.73 Å². The van der Waals surface area contributed by atoms with Gasteiger partial charge >= 0.3 is 0 Å². The minimum atomic E-state index is 0.0994. The van der Waals surface area contributed by atoms with Gasteiger partial charge in [0.15, 0.2) is 0 Å². The highest BCUT2D eigenvalue weighted by Crippen LogP contribution is 2.32. The molecular formula is C15H22N2O. The first-order chi connectivity index (χ1) is 8.65. The normalized spacial score (nSPS) is 16.2. The van der Waals surface area contributed by atoms with Crippen LogP contribution >= 0.6 is 0 Å². The number of hydrogen-bond donors (Lipinski definition) is 1. The number of fused-ring (bicyclic) bond motifs is 1. The molecule has 0 saturated heterocycles. The Morgan fingerprint density at radius 3 is 3.00 bits per heavy atom. The van der Waals surface area contributed by atoms with Crippen molar-refractivity contribution in [1.82, 2.24) is 0 Å². The fraction of sp³-hybridized carbons (Fsp3) is 0.533. The third-order valence-electron chi connectivity index (χ3n) is 3.70. The highest BCUT2D eigenvalue weighted by atomic mass is 16.2. The van der Waals surface area contributed by atoms with Crippen molar-refractivity contribution in [3.8, 4) is 0 Å². The fourth-order valence-electron chi connectivity index (χ4n) is 2.70. The van der Waals surface area contributed by atoms with Crippen molar-refractivity contribution in [3.05, 3.63) is 23.8 Å². The zero-order valence-electron chi connectivity index (χ0n) is 11.3. The van der Waals surface area contributed by atoms with Gasteiger partial charge in [0.05, 0.1) is 0 Å². The molecule has 1 aliphatic heterocycles. The Hall–Kier alpha value is -1.51. The van der Waals surface area contributed by atoms with E-state index >= 15 is 0 Å². The Labute approximate surface area is 109 Å². The summed E-state index contributed by atoms with van der Waals surface area (Å²) in [6, 6.07) is 5.87. The second kappa shape index (κ2) is 5.42. The zero-order valence-corrected chi connectivity index (χ0v) is 11.3. The van der Waals surface area contributed by atoms with Crippen molar-refractivity contribution in [2.45, 2.75) is 39.5 Å². The fourth-order valence-corrected chi connectivity index (χ4v) is 2.70. The molecule has 1 aromatic carbocycles. The molecule has 0 aliphatic carbocycles. The standard InChI is InChI=1S/C15H22N2O/c1-3-6-11(2)15(18)17-10-5-7-12-13(16)8-4-9-14(12)17/h4,8-9,11H,3,5-7,10,16H2,1-2H3. The van der Waals surface area contributed by atoms with Crippen LogP contribution < -0.4 is 10.6 Å². The predicted molar refractivity (Wildman–Crippen MR) is 75.6 cm³/mol. The summed E-state index contributed by atoms with van der Waals surface area (Å²) in [6.45, 7) is 4.96. The number of rotatable bonds is 3. The molecule has 0 radical (unpaired) electrons. The van der Waals surface area contributed by atoms with Gasteiger partial charge in [0.25, 0.3) is 0 Å². The van der Waals surface area contributed by atoms with Crippen LogP contribution in [0.15, 0.2) is 18.2 Å².